The maximum Gasteiger partial charge on any atom is 0.382 e. The SMILES string of the molecule is C=CC(=O)OOC(=O)C1=CC(O)CCCC1. The van der Waals surface area contributed by atoms with Gasteiger partial charge in [0, 0.05) is 11.6 Å². The number of hydrogen-bond donors (Lipinski definition) is 1. The van der Waals surface area contributed by atoms with Crippen molar-refractivity contribution in [2.45, 2.75) is 31.8 Å². The number of carbonyl (C=O) groups excluding carboxylic acids is 2. The topological polar surface area (TPSA) is 72.8 Å². The molecule has 5 nitrogen and oxygen atoms in total. The van der Waals surface area contributed by atoms with Gasteiger partial charge in [0.1, 0.15) is 0 Å². The Hall–Kier alpha value is -1.62. The van der Waals surface area contributed by atoms with Crippen molar-refractivity contribution >= 4 is 11.9 Å². The third kappa shape index (κ3) is 3.86. The Morgan fingerprint density at radius 2 is 2.19 bits per heavy atom. The van der Waals surface area contributed by atoms with Crippen molar-refractivity contribution in [1.82, 2.24) is 0 Å². The second-order valence-electron chi connectivity index (χ2n) is 3.48. The van der Waals surface area contributed by atoms with E-state index in [0.29, 0.717) is 18.4 Å². The van der Waals surface area contributed by atoms with Crippen LogP contribution in [0.4, 0.5) is 0 Å². The number of carbonyl (C=O) groups is 2. The van der Waals surface area contributed by atoms with E-state index in [2.05, 4.69) is 16.4 Å². The van der Waals surface area contributed by atoms with Gasteiger partial charge in [-0.15, -0.1) is 0 Å². The number of hydrogen-bond acceptors (Lipinski definition) is 5. The average molecular weight is 226 g/mol. The molecule has 1 aliphatic carbocycles. The van der Waals surface area contributed by atoms with Crippen molar-refractivity contribution in [3.05, 3.63) is 24.3 Å². The van der Waals surface area contributed by atoms with Crippen LogP contribution in [0.3, 0.4) is 0 Å². The fourth-order valence-electron chi connectivity index (χ4n) is 1.40. The molecule has 0 saturated heterocycles. The molecule has 5 heteroatoms. The summed E-state index contributed by atoms with van der Waals surface area (Å²) < 4.78 is 0. The van der Waals surface area contributed by atoms with E-state index < -0.39 is 18.0 Å². The molecule has 0 bridgehead atoms. The molecule has 16 heavy (non-hydrogen) atoms. The second kappa shape index (κ2) is 6.07. The number of aliphatic hydroxyl groups excluding tert-OH is 1. The van der Waals surface area contributed by atoms with E-state index >= 15 is 0 Å². The van der Waals surface area contributed by atoms with Gasteiger partial charge in [0.25, 0.3) is 0 Å². The van der Waals surface area contributed by atoms with Crippen LogP contribution in [0, 0.1) is 0 Å². The lowest BCUT2D eigenvalue weighted by atomic mass is 10.1. The van der Waals surface area contributed by atoms with Crippen molar-refractivity contribution < 1.29 is 24.5 Å². The summed E-state index contributed by atoms with van der Waals surface area (Å²) in [7, 11) is 0. The lowest BCUT2D eigenvalue weighted by Gasteiger charge is -2.04. The zero-order valence-corrected chi connectivity index (χ0v) is 8.85. The van der Waals surface area contributed by atoms with Crippen LogP contribution in [0.2, 0.25) is 0 Å². The summed E-state index contributed by atoms with van der Waals surface area (Å²) in [4.78, 5) is 30.5. The van der Waals surface area contributed by atoms with Crippen LogP contribution < -0.4 is 0 Å². The van der Waals surface area contributed by atoms with E-state index in [0.717, 1.165) is 18.9 Å². The molecule has 0 fully saturated rings. The molecule has 0 aromatic rings. The van der Waals surface area contributed by atoms with E-state index in [-0.39, 0.29) is 0 Å². The largest absolute Gasteiger partial charge is 0.389 e. The minimum absolute atomic E-state index is 0.335. The van der Waals surface area contributed by atoms with Crippen LogP contribution in [0.5, 0.6) is 0 Å². The minimum Gasteiger partial charge on any atom is -0.389 e. The normalized spacial score (nSPS) is 20.3. The predicted octanol–water partition coefficient (Wildman–Crippen LogP) is 1.04. The maximum atomic E-state index is 11.4. The van der Waals surface area contributed by atoms with Crippen molar-refractivity contribution in [2.24, 2.45) is 0 Å². The number of rotatable bonds is 2. The molecule has 1 N–H and O–H groups in total. The Labute approximate surface area is 93.3 Å². The lowest BCUT2D eigenvalue weighted by molar-refractivity contribution is -0.251. The van der Waals surface area contributed by atoms with Gasteiger partial charge in [-0.05, 0) is 25.3 Å². The van der Waals surface area contributed by atoms with Crippen LogP contribution in [0.1, 0.15) is 25.7 Å². The van der Waals surface area contributed by atoms with Gasteiger partial charge in [0.15, 0.2) is 0 Å². The first kappa shape index (κ1) is 12.4. The van der Waals surface area contributed by atoms with Crippen molar-refractivity contribution in [3.63, 3.8) is 0 Å². The molecule has 0 aliphatic heterocycles. The summed E-state index contributed by atoms with van der Waals surface area (Å²) in [5.41, 5.74) is 0.335. The average Bonchev–Trinajstić information content (AvgIpc) is 2.50. The monoisotopic (exact) mass is 226 g/mol. The molecule has 1 aliphatic rings. The summed E-state index contributed by atoms with van der Waals surface area (Å²) in [6, 6.07) is 0. The summed E-state index contributed by atoms with van der Waals surface area (Å²) in [5, 5.41) is 9.42. The quantitative estimate of drug-likeness (QED) is 0.432. The molecule has 1 atom stereocenters. The van der Waals surface area contributed by atoms with E-state index in [9.17, 15) is 14.7 Å². The first-order chi connectivity index (χ1) is 7.63. The Kier molecular flexibility index (Phi) is 4.72. The number of aliphatic hydroxyl groups is 1. The molecule has 1 unspecified atom stereocenters. The van der Waals surface area contributed by atoms with E-state index in [1.54, 1.807) is 0 Å². The summed E-state index contributed by atoms with van der Waals surface area (Å²) in [6.07, 6.45) is 4.49. The highest BCUT2D eigenvalue weighted by atomic mass is 17.2. The summed E-state index contributed by atoms with van der Waals surface area (Å²) in [6.45, 7) is 3.16. The van der Waals surface area contributed by atoms with Crippen LogP contribution in [-0.4, -0.2) is 23.1 Å². The van der Waals surface area contributed by atoms with Crippen LogP contribution in [-0.2, 0) is 19.4 Å². The Bertz CT molecular complexity index is 318. The third-order valence-corrected chi connectivity index (χ3v) is 2.22. The zero-order chi connectivity index (χ0) is 12.0. The van der Waals surface area contributed by atoms with Crippen LogP contribution in [0.15, 0.2) is 24.3 Å². The van der Waals surface area contributed by atoms with Gasteiger partial charge in [-0.3, -0.25) is 0 Å². The standard InChI is InChI=1S/C11H14O5/c1-2-10(13)15-16-11(14)8-5-3-4-6-9(12)7-8/h2,7,9,12H,1,3-6H2. The molecule has 0 heterocycles. The van der Waals surface area contributed by atoms with Gasteiger partial charge in [-0.25, -0.2) is 19.4 Å². The highest BCUT2D eigenvalue weighted by molar-refractivity contribution is 5.89. The van der Waals surface area contributed by atoms with E-state index in [4.69, 9.17) is 0 Å². The smallest absolute Gasteiger partial charge is 0.382 e. The Morgan fingerprint density at radius 3 is 2.88 bits per heavy atom. The molecule has 0 spiro atoms. The van der Waals surface area contributed by atoms with Crippen molar-refractivity contribution in [3.8, 4) is 0 Å². The van der Waals surface area contributed by atoms with Gasteiger partial charge in [-0.2, -0.15) is 0 Å². The zero-order valence-electron chi connectivity index (χ0n) is 8.85. The molecule has 0 amide bonds. The molecule has 88 valence electrons. The highest BCUT2D eigenvalue weighted by Gasteiger charge is 2.18. The molecular weight excluding hydrogens is 212 g/mol. The minimum atomic E-state index is -0.830. The van der Waals surface area contributed by atoms with Gasteiger partial charge >= 0.3 is 11.9 Å². The summed E-state index contributed by atoms with van der Waals surface area (Å²) in [5.74, 6) is -1.57. The molecule has 0 aromatic carbocycles. The fourth-order valence-corrected chi connectivity index (χ4v) is 1.40. The van der Waals surface area contributed by atoms with E-state index in [1.807, 2.05) is 0 Å². The van der Waals surface area contributed by atoms with Gasteiger partial charge in [-0.1, -0.05) is 13.0 Å². The molecule has 0 aromatic heterocycles. The van der Waals surface area contributed by atoms with Gasteiger partial charge in [0.2, 0.25) is 0 Å². The van der Waals surface area contributed by atoms with Crippen LogP contribution in [0.25, 0.3) is 0 Å². The maximum absolute atomic E-state index is 11.4. The first-order valence-corrected chi connectivity index (χ1v) is 5.07. The molecule has 0 saturated carbocycles. The first-order valence-electron chi connectivity index (χ1n) is 5.07. The fraction of sp³-hybridized carbons (Fsp3) is 0.455. The molecule has 1 rings (SSSR count). The van der Waals surface area contributed by atoms with Gasteiger partial charge < -0.3 is 5.11 Å². The van der Waals surface area contributed by atoms with Gasteiger partial charge in [0.05, 0.1) is 6.10 Å². The highest BCUT2D eigenvalue weighted by Crippen LogP contribution is 2.18. The molecular formula is C11H14O5. The van der Waals surface area contributed by atoms with Crippen molar-refractivity contribution in [2.75, 3.05) is 0 Å². The van der Waals surface area contributed by atoms with Crippen molar-refractivity contribution in [1.29, 1.82) is 0 Å². The molecule has 0 radical (unpaired) electrons. The third-order valence-electron chi connectivity index (χ3n) is 2.22. The Morgan fingerprint density at radius 1 is 1.44 bits per heavy atom. The second-order valence-corrected chi connectivity index (χ2v) is 3.48. The Balaban J connectivity index is 2.51. The predicted molar refractivity (Wildman–Crippen MR) is 54.9 cm³/mol. The van der Waals surface area contributed by atoms with E-state index in [1.165, 1.54) is 6.08 Å². The summed E-state index contributed by atoms with van der Waals surface area (Å²) >= 11 is 0. The lowest BCUT2D eigenvalue weighted by Crippen LogP contribution is -2.13. The van der Waals surface area contributed by atoms with Crippen LogP contribution >= 0.6 is 0 Å².